The molecule has 0 aliphatic carbocycles. The average molecular weight is 392 g/mol. The number of hydrogen-bond donors (Lipinski definition) is 0. The molecule has 0 N–H and O–H groups in total. The molecule has 0 radical (unpaired) electrons. The second-order valence-corrected chi connectivity index (χ2v) is 4.46. The van der Waals surface area contributed by atoms with Crippen LogP contribution < -0.4 is 0 Å². The van der Waals surface area contributed by atoms with E-state index in [4.69, 9.17) is 0 Å². The highest BCUT2D eigenvalue weighted by molar-refractivity contribution is 14.1. The molecular formula is C6H3F10I. The normalized spacial score (nSPS) is 16.2. The van der Waals surface area contributed by atoms with E-state index in [1.54, 1.807) is 0 Å². The van der Waals surface area contributed by atoms with Crippen LogP contribution in [0, 0.1) is 0 Å². The summed E-state index contributed by atoms with van der Waals surface area (Å²) >= 11 is -0.529. The number of rotatable bonds is 4. The minimum absolute atomic E-state index is 0.529. The smallest absolute Gasteiger partial charge is 0.200 e. The molecule has 0 bridgehead atoms. The Kier molecular flexibility index (Phi) is 4.02. The quantitative estimate of drug-likeness (QED) is 0.374. The van der Waals surface area contributed by atoms with E-state index >= 15 is 0 Å². The van der Waals surface area contributed by atoms with Crippen molar-refractivity contribution >= 4 is 22.6 Å². The lowest BCUT2D eigenvalue weighted by Crippen LogP contribution is -2.65. The van der Waals surface area contributed by atoms with E-state index < -0.39 is 57.1 Å². The first-order valence-electron chi connectivity index (χ1n) is 3.58. The second-order valence-electron chi connectivity index (χ2n) is 3.11. The lowest BCUT2D eigenvalue weighted by atomic mass is 10.00. The van der Waals surface area contributed by atoms with Crippen LogP contribution in [0.1, 0.15) is 6.92 Å². The maximum atomic E-state index is 12.5. The predicted molar refractivity (Wildman–Crippen MR) is 44.4 cm³/mol. The van der Waals surface area contributed by atoms with Crippen molar-refractivity contribution in [3.8, 4) is 0 Å². The lowest BCUT2D eigenvalue weighted by Gasteiger charge is -2.36. The van der Waals surface area contributed by atoms with Gasteiger partial charge in [-0.2, -0.15) is 43.9 Å². The third kappa shape index (κ3) is 2.43. The second kappa shape index (κ2) is 4.02. The van der Waals surface area contributed by atoms with Gasteiger partial charge in [0.1, 0.15) is 0 Å². The molecule has 0 fully saturated rings. The zero-order valence-electron chi connectivity index (χ0n) is 7.66. The summed E-state index contributed by atoms with van der Waals surface area (Å²) in [5.74, 6) is -25.8. The molecule has 0 aromatic carbocycles. The number of halogens is 11. The van der Waals surface area contributed by atoms with Gasteiger partial charge in [-0.05, 0) is 0 Å². The highest BCUT2D eigenvalue weighted by atomic mass is 127. The summed E-state index contributed by atoms with van der Waals surface area (Å²) in [5, 5.41) is 0. The standard InChI is InChI=1S/C6H3F10I/c1-2(7,8)3(9,10)4(11,12)5(13,14)6(15,16)17/h1H3. The summed E-state index contributed by atoms with van der Waals surface area (Å²) < 4.78 is 117. The molecule has 17 heavy (non-hydrogen) atoms. The summed E-state index contributed by atoms with van der Waals surface area (Å²) in [6.45, 7) is -0.775. The van der Waals surface area contributed by atoms with Gasteiger partial charge >= 0.3 is 27.6 Å². The Morgan fingerprint density at radius 2 is 0.882 bits per heavy atom. The molecule has 0 rings (SSSR count). The van der Waals surface area contributed by atoms with E-state index in [-0.39, 0.29) is 0 Å². The molecular weight excluding hydrogens is 389 g/mol. The third-order valence-electron chi connectivity index (χ3n) is 1.70. The number of alkyl halides is 11. The molecule has 0 aliphatic heterocycles. The van der Waals surface area contributed by atoms with E-state index in [1.165, 1.54) is 0 Å². The highest BCUT2D eigenvalue weighted by Gasteiger charge is 2.84. The van der Waals surface area contributed by atoms with Gasteiger partial charge in [0.25, 0.3) is 0 Å². The van der Waals surface area contributed by atoms with Gasteiger partial charge in [0, 0.05) is 29.5 Å². The van der Waals surface area contributed by atoms with Crippen LogP contribution in [0.25, 0.3) is 0 Å². The largest absolute Gasteiger partial charge is 0.387 e. The molecule has 0 saturated carbocycles. The van der Waals surface area contributed by atoms with Gasteiger partial charge in [-0.1, -0.05) is 0 Å². The van der Waals surface area contributed by atoms with Gasteiger partial charge in [-0.3, -0.25) is 0 Å². The Morgan fingerprint density at radius 3 is 1.06 bits per heavy atom. The van der Waals surface area contributed by atoms with Crippen LogP contribution in [0.2, 0.25) is 0 Å². The minimum atomic E-state index is -6.91. The first kappa shape index (κ1) is 17.0. The van der Waals surface area contributed by atoms with Crippen LogP contribution in [0.3, 0.4) is 0 Å². The molecule has 104 valence electrons. The summed E-state index contributed by atoms with van der Waals surface area (Å²) in [7, 11) is 0. The zero-order valence-corrected chi connectivity index (χ0v) is 9.82. The molecule has 0 atom stereocenters. The minimum Gasteiger partial charge on any atom is -0.200 e. The first-order chi connectivity index (χ1) is 7.00. The number of hydrogen-bond acceptors (Lipinski definition) is 0. The van der Waals surface area contributed by atoms with Crippen LogP contribution in [0.4, 0.5) is 43.9 Å². The van der Waals surface area contributed by atoms with Crippen molar-refractivity contribution in [2.45, 2.75) is 34.5 Å². The van der Waals surface area contributed by atoms with E-state index in [2.05, 4.69) is 0 Å². The fraction of sp³-hybridized carbons (Fsp3) is 1.00. The monoisotopic (exact) mass is 392 g/mol. The molecule has 0 saturated heterocycles. The Bertz CT molecular complexity index is 256. The Balaban J connectivity index is 5.73. The van der Waals surface area contributed by atoms with E-state index in [0.717, 1.165) is 0 Å². The van der Waals surface area contributed by atoms with Crippen molar-refractivity contribution < 1.29 is 43.9 Å². The molecule has 0 amide bonds. The van der Waals surface area contributed by atoms with Gasteiger partial charge in [-0.25, -0.2) is 0 Å². The summed E-state index contributed by atoms with van der Waals surface area (Å²) in [6.07, 6.45) is 0. The fourth-order valence-corrected chi connectivity index (χ4v) is 0.990. The Labute approximate surface area is 101 Å². The Hall–Kier alpha value is 0.0300. The maximum Gasteiger partial charge on any atom is 0.387 e. The molecule has 0 nitrogen and oxygen atoms in total. The lowest BCUT2D eigenvalue weighted by molar-refractivity contribution is -0.382. The fourth-order valence-electron chi connectivity index (χ4n) is 0.651. The topological polar surface area (TPSA) is 0 Å². The van der Waals surface area contributed by atoms with Crippen molar-refractivity contribution in [1.82, 2.24) is 0 Å². The van der Waals surface area contributed by atoms with Gasteiger partial charge in [0.2, 0.25) is 0 Å². The zero-order chi connectivity index (χ0) is 14.5. The van der Waals surface area contributed by atoms with Crippen molar-refractivity contribution in [2.75, 3.05) is 0 Å². The van der Waals surface area contributed by atoms with Crippen LogP contribution in [0.5, 0.6) is 0 Å². The molecule has 0 aromatic heterocycles. The van der Waals surface area contributed by atoms with Gasteiger partial charge in [0.05, 0.1) is 0 Å². The maximum absolute atomic E-state index is 12.5. The SMILES string of the molecule is CC(F)(F)C(F)(F)C(F)(F)C(F)(F)C(F)(F)I. The van der Waals surface area contributed by atoms with Crippen LogP contribution >= 0.6 is 22.6 Å². The van der Waals surface area contributed by atoms with Crippen LogP contribution in [0.15, 0.2) is 0 Å². The molecule has 0 aliphatic rings. The molecule has 0 unspecified atom stereocenters. The highest BCUT2D eigenvalue weighted by Crippen LogP contribution is 2.58. The molecule has 0 aromatic rings. The summed E-state index contributed by atoms with van der Waals surface area (Å²) in [5.41, 5.74) is 0. The van der Waals surface area contributed by atoms with Crippen molar-refractivity contribution in [1.29, 1.82) is 0 Å². The van der Waals surface area contributed by atoms with Gasteiger partial charge in [-0.15, -0.1) is 0 Å². The van der Waals surface area contributed by atoms with Gasteiger partial charge in [0.15, 0.2) is 0 Å². The van der Waals surface area contributed by atoms with Gasteiger partial charge < -0.3 is 0 Å². The molecule has 11 heteroatoms. The average Bonchev–Trinajstić information content (AvgIpc) is 1.98. The van der Waals surface area contributed by atoms with Crippen molar-refractivity contribution in [3.63, 3.8) is 0 Å². The Morgan fingerprint density at radius 1 is 0.588 bits per heavy atom. The van der Waals surface area contributed by atoms with E-state index in [0.29, 0.717) is 0 Å². The summed E-state index contributed by atoms with van der Waals surface area (Å²) in [6, 6.07) is 0. The predicted octanol–water partition coefficient (Wildman–Crippen LogP) is 4.58. The molecule has 0 spiro atoms. The first-order valence-corrected chi connectivity index (χ1v) is 4.66. The van der Waals surface area contributed by atoms with Crippen molar-refractivity contribution in [2.24, 2.45) is 0 Å². The van der Waals surface area contributed by atoms with Crippen LogP contribution in [-0.2, 0) is 0 Å². The molecule has 0 heterocycles. The van der Waals surface area contributed by atoms with E-state index in [9.17, 15) is 43.9 Å². The van der Waals surface area contributed by atoms with Crippen LogP contribution in [-0.4, -0.2) is 27.6 Å². The third-order valence-corrected chi connectivity index (χ3v) is 2.37. The van der Waals surface area contributed by atoms with Crippen molar-refractivity contribution in [3.05, 3.63) is 0 Å². The summed E-state index contributed by atoms with van der Waals surface area (Å²) in [4.78, 5) is 0. The van der Waals surface area contributed by atoms with E-state index in [1.807, 2.05) is 0 Å².